The molecule has 9 nitrogen and oxygen atoms in total. The van der Waals surface area contributed by atoms with Gasteiger partial charge in [-0.25, -0.2) is 14.8 Å². The predicted molar refractivity (Wildman–Crippen MR) is 115 cm³/mol. The zero-order chi connectivity index (χ0) is 20.8. The van der Waals surface area contributed by atoms with Crippen molar-refractivity contribution in [1.29, 1.82) is 0 Å². The Labute approximate surface area is 177 Å². The first-order valence-corrected chi connectivity index (χ1v) is 10.8. The number of nitrogens with one attached hydrogen (secondary N) is 2. The smallest absolute Gasteiger partial charge is 0.494 e. The Balaban J connectivity index is 1.56. The van der Waals surface area contributed by atoms with Gasteiger partial charge in [-0.1, -0.05) is 11.3 Å². The van der Waals surface area contributed by atoms with Gasteiger partial charge in [0.15, 0.2) is 0 Å². The normalized spacial score (nSPS) is 15.8. The number of thiazole rings is 1. The van der Waals surface area contributed by atoms with Crippen molar-refractivity contribution in [2.24, 2.45) is 0 Å². The lowest BCUT2D eigenvalue weighted by molar-refractivity contribution is 0.0467. The number of H-pyrrole nitrogens is 1. The molecule has 30 heavy (non-hydrogen) atoms. The van der Waals surface area contributed by atoms with E-state index >= 15 is 0 Å². The van der Waals surface area contributed by atoms with Gasteiger partial charge in [0.2, 0.25) is 0 Å². The molecule has 0 saturated carbocycles. The lowest BCUT2D eigenvalue weighted by Crippen LogP contribution is -2.23. The summed E-state index contributed by atoms with van der Waals surface area (Å²) in [5, 5.41) is 13.2. The van der Waals surface area contributed by atoms with Gasteiger partial charge in [-0.2, -0.15) is 0 Å². The first-order chi connectivity index (χ1) is 14.5. The van der Waals surface area contributed by atoms with Crippen LogP contribution in [0, 0.1) is 0 Å². The Morgan fingerprint density at radius 3 is 3.00 bits per heavy atom. The lowest BCUT2D eigenvalue weighted by atomic mass is 9.94. The average Bonchev–Trinajstić information content (AvgIpc) is 3.25. The fraction of sp³-hybridized carbons (Fsp3) is 0.263. The van der Waals surface area contributed by atoms with Gasteiger partial charge in [-0.3, -0.25) is 4.79 Å². The fourth-order valence-electron chi connectivity index (χ4n) is 3.79. The highest BCUT2D eigenvalue weighted by atomic mass is 32.1. The third-order valence-electron chi connectivity index (χ3n) is 5.06. The molecule has 4 aromatic rings. The number of nitrogens with zero attached hydrogens (tertiary/aromatic N) is 2. The van der Waals surface area contributed by atoms with Gasteiger partial charge in [0, 0.05) is 17.4 Å². The molecular formula is C19H16N4O5S2. The van der Waals surface area contributed by atoms with E-state index in [2.05, 4.69) is 20.3 Å². The SMILES string of the molecule is COc1cc2[nH]c(=O)sc2cc1Nc1ncnc2sc3c(c12)CCC(OC(=O)O)C3. The summed E-state index contributed by atoms with van der Waals surface area (Å²) >= 11 is 2.66. The van der Waals surface area contributed by atoms with Gasteiger partial charge < -0.3 is 24.9 Å². The lowest BCUT2D eigenvalue weighted by Gasteiger charge is -2.21. The maximum atomic E-state index is 11.7. The molecule has 5 rings (SSSR count). The predicted octanol–water partition coefficient (Wildman–Crippen LogP) is 3.90. The summed E-state index contributed by atoms with van der Waals surface area (Å²) < 4.78 is 11.3. The second kappa shape index (κ2) is 7.26. The van der Waals surface area contributed by atoms with E-state index in [4.69, 9.17) is 14.6 Å². The molecule has 0 saturated heterocycles. The highest BCUT2D eigenvalue weighted by Gasteiger charge is 2.27. The van der Waals surface area contributed by atoms with Crippen molar-refractivity contribution >= 4 is 60.8 Å². The van der Waals surface area contributed by atoms with Crippen LogP contribution in [-0.2, 0) is 17.6 Å². The number of aryl methyl sites for hydroxylation is 1. The minimum Gasteiger partial charge on any atom is -0.494 e. The van der Waals surface area contributed by atoms with Gasteiger partial charge in [0.25, 0.3) is 0 Å². The molecule has 0 radical (unpaired) electrons. The number of fused-ring (bicyclic) bond motifs is 4. The number of benzene rings is 1. The summed E-state index contributed by atoms with van der Waals surface area (Å²) in [6, 6.07) is 3.64. The van der Waals surface area contributed by atoms with E-state index in [-0.39, 0.29) is 11.0 Å². The number of anilines is 2. The molecule has 1 unspecified atom stereocenters. The third-order valence-corrected chi connectivity index (χ3v) is 7.07. The largest absolute Gasteiger partial charge is 0.506 e. The van der Waals surface area contributed by atoms with E-state index in [0.29, 0.717) is 36.5 Å². The van der Waals surface area contributed by atoms with Crippen LogP contribution >= 0.6 is 22.7 Å². The van der Waals surface area contributed by atoms with Gasteiger partial charge in [0.1, 0.15) is 28.8 Å². The number of hydrogen-bond donors (Lipinski definition) is 3. The molecule has 0 spiro atoms. The number of ether oxygens (including phenoxy) is 2. The number of rotatable bonds is 4. The number of carboxylic acid groups (broad SMARTS) is 1. The first-order valence-electron chi connectivity index (χ1n) is 9.14. The Morgan fingerprint density at radius 2 is 2.20 bits per heavy atom. The summed E-state index contributed by atoms with van der Waals surface area (Å²) in [5.74, 6) is 1.23. The summed E-state index contributed by atoms with van der Waals surface area (Å²) in [6.45, 7) is 0. The Kier molecular flexibility index (Phi) is 4.55. The van der Waals surface area contributed by atoms with E-state index < -0.39 is 6.16 Å². The molecule has 154 valence electrons. The molecule has 0 bridgehead atoms. The fourth-order valence-corrected chi connectivity index (χ4v) is 5.80. The van der Waals surface area contributed by atoms with E-state index in [1.165, 1.54) is 17.7 Å². The van der Waals surface area contributed by atoms with Gasteiger partial charge >= 0.3 is 11.0 Å². The molecule has 3 N–H and O–H groups in total. The number of thiophene rings is 1. The standard InChI is InChI=1S/C19H16N4O5S2/c1-27-12-5-11-14(30-18(24)23-11)6-10(12)22-16-15-9-3-2-8(28-19(25)26)4-13(9)29-17(15)21-7-20-16/h5-8H,2-4H2,1H3,(H,23,24)(H,25,26)(H,20,21,22). The van der Waals surface area contributed by atoms with E-state index in [0.717, 1.165) is 42.2 Å². The number of aromatic nitrogens is 3. The Hall–Kier alpha value is -3.18. The molecule has 3 aromatic heterocycles. The van der Waals surface area contributed by atoms with Crippen molar-refractivity contribution in [3.05, 3.63) is 38.6 Å². The topological polar surface area (TPSA) is 126 Å². The van der Waals surface area contributed by atoms with Crippen LogP contribution in [0.2, 0.25) is 0 Å². The second-order valence-corrected chi connectivity index (χ2v) is 8.94. The van der Waals surface area contributed by atoms with Crippen molar-refractivity contribution in [2.75, 3.05) is 12.4 Å². The van der Waals surface area contributed by atoms with Crippen LogP contribution < -0.4 is 14.9 Å². The molecule has 1 aliphatic rings. The van der Waals surface area contributed by atoms with Crippen LogP contribution in [0.3, 0.4) is 0 Å². The van der Waals surface area contributed by atoms with Crippen molar-refractivity contribution in [3.8, 4) is 5.75 Å². The third kappa shape index (κ3) is 3.25. The highest BCUT2D eigenvalue weighted by Crippen LogP contribution is 2.41. The minimum absolute atomic E-state index is 0.126. The molecule has 3 heterocycles. The van der Waals surface area contributed by atoms with Crippen LogP contribution in [0.4, 0.5) is 16.3 Å². The first kappa shape index (κ1) is 18.8. The molecule has 11 heteroatoms. The summed E-state index contributed by atoms with van der Waals surface area (Å²) in [6.07, 6.45) is 1.75. The monoisotopic (exact) mass is 444 g/mol. The molecule has 1 atom stereocenters. The summed E-state index contributed by atoms with van der Waals surface area (Å²) in [5.41, 5.74) is 2.54. The average molecular weight is 444 g/mol. The number of carbonyl (C=O) groups is 1. The van der Waals surface area contributed by atoms with Crippen molar-refractivity contribution in [3.63, 3.8) is 0 Å². The van der Waals surface area contributed by atoms with Crippen LogP contribution in [-0.4, -0.2) is 39.4 Å². The second-order valence-electron chi connectivity index (χ2n) is 6.84. The van der Waals surface area contributed by atoms with Crippen LogP contribution in [0.1, 0.15) is 16.9 Å². The van der Waals surface area contributed by atoms with Gasteiger partial charge in [-0.15, -0.1) is 11.3 Å². The van der Waals surface area contributed by atoms with Crippen LogP contribution in [0.5, 0.6) is 5.75 Å². The molecule has 0 amide bonds. The summed E-state index contributed by atoms with van der Waals surface area (Å²) in [4.78, 5) is 36.0. The Bertz CT molecular complexity index is 1340. The van der Waals surface area contributed by atoms with Gasteiger partial charge in [0.05, 0.1) is 28.4 Å². The zero-order valence-electron chi connectivity index (χ0n) is 15.7. The zero-order valence-corrected chi connectivity index (χ0v) is 17.4. The van der Waals surface area contributed by atoms with Crippen molar-refractivity contribution in [2.45, 2.75) is 25.4 Å². The molecule has 0 aliphatic heterocycles. The van der Waals surface area contributed by atoms with Crippen LogP contribution in [0.15, 0.2) is 23.3 Å². The molecule has 0 fully saturated rings. The Morgan fingerprint density at radius 1 is 1.33 bits per heavy atom. The minimum atomic E-state index is -1.25. The van der Waals surface area contributed by atoms with E-state index in [1.807, 2.05) is 6.07 Å². The van der Waals surface area contributed by atoms with E-state index in [9.17, 15) is 9.59 Å². The number of hydrogen-bond acceptors (Lipinski definition) is 9. The maximum Gasteiger partial charge on any atom is 0.506 e. The van der Waals surface area contributed by atoms with Crippen LogP contribution in [0.25, 0.3) is 20.4 Å². The van der Waals surface area contributed by atoms with Gasteiger partial charge in [-0.05, 0) is 24.5 Å². The molecular weight excluding hydrogens is 428 g/mol. The molecule has 1 aliphatic carbocycles. The highest BCUT2D eigenvalue weighted by molar-refractivity contribution is 7.19. The number of methoxy groups -OCH3 is 1. The van der Waals surface area contributed by atoms with Crippen molar-refractivity contribution < 1.29 is 19.4 Å². The number of aromatic amines is 1. The van der Waals surface area contributed by atoms with Crippen molar-refractivity contribution in [1.82, 2.24) is 15.0 Å². The quantitative estimate of drug-likeness (QED) is 0.405. The molecule has 1 aromatic carbocycles. The summed E-state index contributed by atoms with van der Waals surface area (Å²) in [7, 11) is 1.57. The maximum absolute atomic E-state index is 11.7. The van der Waals surface area contributed by atoms with E-state index in [1.54, 1.807) is 13.2 Å².